The van der Waals surface area contributed by atoms with Crippen molar-refractivity contribution in [1.29, 1.82) is 0 Å². The van der Waals surface area contributed by atoms with Crippen molar-refractivity contribution in [3.8, 4) is 0 Å². The molecule has 2 rings (SSSR count). The van der Waals surface area contributed by atoms with E-state index in [1.807, 2.05) is 0 Å². The molecule has 1 saturated carbocycles. The Labute approximate surface area is 99.8 Å². The quantitative estimate of drug-likeness (QED) is 0.681. The molecule has 1 aliphatic heterocycles. The molecule has 0 radical (unpaired) electrons. The molecule has 0 spiro atoms. The lowest BCUT2D eigenvalue weighted by atomic mass is 9.70. The molecule has 16 heavy (non-hydrogen) atoms. The normalized spacial score (nSPS) is 36.6. The van der Waals surface area contributed by atoms with Gasteiger partial charge in [-0.2, -0.15) is 0 Å². The minimum absolute atomic E-state index is 0.118. The van der Waals surface area contributed by atoms with E-state index in [1.54, 1.807) is 0 Å². The average Bonchev–Trinajstić information content (AvgIpc) is 2.53. The third-order valence-corrected chi connectivity index (χ3v) is 4.77. The molecular weight excluding hydrogens is 198 g/mol. The molecule has 94 valence electrons. The molecule has 0 aromatic heterocycles. The second-order valence-electron chi connectivity index (χ2n) is 5.90. The monoisotopic (exact) mass is 225 g/mol. The first-order chi connectivity index (χ1) is 7.74. The molecule has 2 nitrogen and oxygen atoms in total. The van der Waals surface area contributed by atoms with E-state index >= 15 is 0 Å². The van der Waals surface area contributed by atoms with Gasteiger partial charge in [0, 0.05) is 6.04 Å². The van der Waals surface area contributed by atoms with Crippen LogP contribution in [-0.2, 0) is 0 Å². The van der Waals surface area contributed by atoms with Gasteiger partial charge < -0.3 is 10.4 Å². The van der Waals surface area contributed by atoms with Crippen LogP contribution in [0.2, 0.25) is 0 Å². The van der Waals surface area contributed by atoms with Crippen LogP contribution in [0.4, 0.5) is 0 Å². The van der Waals surface area contributed by atoms with E-state index in [1.165, 1.54) is 38.5 Å². The highest BCUT2D eigenvalue weighted by Crippen LogP contribution is 2.42. The Balaban J connectivity index is 1.75. The fourth-order valence-corrected chi connectivity index (χ4v) is 3.37. The summed E-state index contributed by atoms with van der Waals surface area (Å²) in [5.74, 6) is 2.12. The molecule has 2 aliphatic rings. The number of unbranched alkanes of at least 4 members (excludes halogenated alkanes) is 2. The predicted molar refractivity (Wildman–Crippen MR) is 67.3 cm³/mol. The lowest BCUT2D eigenvalue weighted by molar-refractivity contribution is 0.0405. The maximum atomic E-state index is 10.4. The van der Waals surface area contributed by atoms with Crippen molar-refractivity contribution in [3.05, 3.63) is 0 Å². The Morgan fingerprint density at radius 2 is 2.12 bits per heavy atom. The van der Waals surface area contributed by atoms with Crippen molar-refractivity contribution in [3.63, 3.8) is 0 Å². The Morgan fingerprint density at radius 1 is 1.31 bits per heavy atom. The van der Waals surface area contributed by atoms with Gasteiger partial charge in [-0.1, -0.05) is 33.1 Å². The summed E-state index contributed by atoms with van der Waals surface area (Å²) in [7, 11) is 0. The maximum absolute atomic E-state index is 10.4. The van der Waals surface area contributed by atoms with Gasteiger partial charge in [0.1, 0.15) is 0 Å². The van der Waals surface area contributed by atoms with E-state index in [2.05, 4.69) is 19.2 Å². The van der Waals surface area contributed by atoms with Crippen molar-refractivity contribution in [1.82, 2.24) is 5.32 Å². The van der Waals surface area contributed by atoms with E-state index in [0.717, 1.165) is 18.4 Å². The fourth-order valence-electron chi connectivity index (χ4n) is 3.37. The van der Waals surface area contributed by atoms with Gasteiger partial charge in [0.05, 0.1) is 6.10 Å². The Bertz CT molecular complexity index is 219. The van der Waals surface area contributed by atoms with Crippen LogP contribution in [-0.4, -0.2) is 23.8 Å². The number of aliphatic hydroxyl groups excluding tert-OH is 1. The Hall–Kier alpha value is -0.0800. The largest absolute Gasteiger partial charge is 0.391 e. The van der Waals surface area contributed by atoms with Crippen molar-refractivity contribution >= 4 is 0 Å². The number of hydrogen-bond donors (Lipinski definition) is 2. The summed E-state index contributed by atoms with van der Waals surface area (Å²) in [6, 6.07) is 0.398. The fraction of sp³-hybridized carbons (Fsp3) is 1.00. The lowest BCUT2D eigenvalue weighted by Crippen LogP contribution is -2.44. The van der Waals surface area contributed by atoms with Gasteiger partial charge in [-0.05, 0) is 43.6 Å². The standard InChI is InChI=1S/C14H27NO/c1-3-4-5-6-10(2)14(16)13-12-8-7-11(12)9-15-13/h10-16H,3-9H2,1-2H3/t10-,11?,12?,13?,14?/m0/s1. The second kappa shape index (κ2) is 5.50. The van der Waals surface area contributed by atoms with Gasteiger partial charge in [0.15, 0.2) is 0 Å². The first-order valence-corrected chi connectivity index (χ1v) is 7.15. The van der Waals surface area contributed by atoms with Crippen molar-refractivity contribution < 1.29 is 5.11 Å². The van der Waals surface area contributed by atoms with Gasteiger partial charge in [0.25, 0.3) is 0 Å². The van der Waals surface area contributed by atoms with Crippen LogP contribution in [0.15, 0.2) is 0 Å². The molecule has 0 bridgehead atoms. The Morgan fingerprint density at radius 3 is 2.69 bits per heavy atom. The van der Waals surface area contributed by atoms with Crippen molar-refractivity contribution in [2.24, 2.45) is 17.8 Å². The summed E-state index contributed by atoms with van der Waals surface area (Å²) >= 11 is 0. The van der Waals surface area contributed by atoms with E-state index in [-0.39, 0.29) is 6.10 Å². The predicted octanol–water partition coefficient (Wildman–Crippen LogP) is 2.56. The smallest absolute Gasteiger partial charge is 0.0721 e. The molecule has 2 fully saturated rings. The molecule has 2 N–H and O–H groups in total. The van der Waals surface area contributed by atoms with E-state index in [0.29, 0.717) is 12.0 Å². The number of hydrogen-bond acceptors (Lipinski definition) is 2. The summed E-state index contributed by atoms with van der Waals surface area (Å²) < 4.78 is 0. The molecule has 0 aromatic rings. The summed E-state index contributed by atoms with van der Waals surface area (Å²) in [5, 5.41) is 13.9. The second-order valence-corrected chi connectivity index (χ2v) is 5.90. The van der Waals surface area contributed by atoms with E-state index < -0.39 is 0 Å². The lowest BCUT2D eigenvalue weighted by Gasteiger charge is -2.36. The van der Waals surface area contributed by atoms with Gasteiger partial charge in [-0.15, -0.1) is 0 Å². The topological polar surface area (TPSA) is 32.3 Å². The molecule has 4 unspecified atom stereocenters. The number of fused-ring (bicyclic) bond motifs is 1. The van der Waals surface area contributed by atoms with Crippen LogP contribution in [0.25, 0.3) is 0 Å². The highest BCUT2D eigenvalue weighted by atomic mass is 16.3. The summed E-state index contributed by atoms with van der Waals surface area (Å²) in [5.41, 5.74) is 0. The third-order valence-electron chi connectivity index (χ3n) is 4.77. The number of rotatable bonds is 6. The molecular formula is C14H27NO. The van der Waals surface area contributed by atoms with Crippen LogP contribution >= 0.6 is 0 Å². The SMILES string of the molecule is CCCCC[C@H](C)C(O)C1NCC2CCC21. The molecule has 0 aromatic carbocycles. The number of nitrogens with one attached hydrogen (secondary N) is 1. The first kappa shape index (κ1) is 12.4. The van der Waals surface area contributed by atoms with Crippen molar-refractivity contribution in [2.45, 2.75) is 64.5 Å². The van der Waals surface area contributed by atoms with Gasteiger partial charge >= 0.3 is 0 Å². The van der Waals surface area contributed by atoms with Crippen LogP contribution in [0.3, 0.4) is 0 Å². The third kappa shape index (κ3) is 2.43. The van der Waals surface area contributed by atoms with Gasteiger partial charge in [-0.3, -0.25) is 0 Å². The molecule has 1 heterocycles. The first-order valence-electron chi connectivity index (χ1n) is 7.15. The van der Waals surface area contributed by atoms with Crippen molar-refractivity contribution in [2.75, 3.05) is 6.54 Å². The zero-order valence-corrected chi connectivity index (χ0v) is 10.8. The zero-order chi connectivity index (χ0) is 11.5. The molecule has 1 saturated heterocycles. The Kier molecular flexibility index (Phi) is 4.26. The van der Waals surface area contributed by atoms with Crippen LogP contribution in [0, 0.1) is 17.8 Å². The highest BCUT2D eigenvalue weighted by molar-refractivity contribution is 5.00. The maximum Gasteiger partial charge on any atom is 0.0721 e. The summed E-state index contributed by atoms with van der Waals surface area (Å²) in [4.78, 5) is 0. The van der Waals surface area contributed by atoms with Gasteiger partial charge in [-0.25, -0.2) is 0 Å². The molecule has 5 atom stereocenters. The molecule has 0 amide bonds. The minimum atomic E-state index is -0.118. The van der Waals surface area contributed by atoms with E-state index in [9.17, 15) is 5.11 Å². The summed E-state index contributed by atoms with van der Waals surface area (Å²) in [6.45, 7) is 5.60. The average molecular weight is 225 g/mol. The van der Waals surface area contributed by atoms with Crippen LogP contribution in [0.5, 0.6) is 0 Å². The van der Waals surface area contributed by atoms with E-state index in [4.69, 9.17) is 0 Å². The van der Waals surface area contributed by atoms with Crippen LogP contribution in [0.1, 0.15) is 52.4 Å². The van der Waals surface area contributed by atoms with Crippen LogP contribution < -0.4 is 5.32 Å². The highest BCUT2D eigenvalue weighted by Gasteiger charge is 2.45. The zero-order valence-electron chi connectivity index (χ0n) is 10.8. The van der Waals surface area contributed by atoms with Gasteiger partial charge in [0.2, 0.25) is 0 Å². The summed E-state index contributed by atoms with van der Waals surface area (Å²) in [6.07, 6.45) is 7.63. The molecule has 1 aliphatic carbocycles. The molecule has 2 heteroatoms. The number of aliphatic hydroxyl groups is 1. The minimum Gasteiger partial charge on any atom is -0.391 e.